The molecule has 0 saturated heterocycles. The summed E-state index contributed by atoms with van der Waals surface area (Å²) < 4.78 is 14.4. The highest BCUT2D eigenvalue weighted by Gasteiger charge is 2.06. The van der Waals surface area contributed by atoms with E-state index in [-0.39, 0.29) is 13.2 Å². The van der Waals surface area contributed by atoms with Crippen LogP contribution in [0.5, 0.6) is 0 Å². The van der Waals surface area contributed by atoms with E-state index >= 15 is 0 Å². The van der Waals surface area contributed by atoms with Gasteiger partial charge in [0, 0.05) is 0 Å². The first kappa shape index (κ1) is 15.9. The maximum atomic E-state index is 11.1. The molecule has 0 rings (SSSR count). The average Bonchev–Trinajstić information content (AvgIpc) is 2.29. The molecule has 100 valence electrons. The predicted octanol–water partition coefficient (Wildman–Crippen LogP) is 1.69. The highest BCUT2D eigenvalue weighted by Crippen LogP contribution is 1.99. The summed E-state index contributed by atoms with van der Waals surface area (Å²) in [7, 11) is 0. The molecule has 0 spiro atoms. The van der Waals surface area contributed by atoms with Crippen LogP contribution in [0.2, 0.25) is 0 Å². The van der Waals surface area contributed by atoms with Crippen LogP contribution in [0, 0.1) is 0 Å². The van der Waals surface area contributed by atoms with Crippen molar-refractivity contribution in [1.82, 2.24) is 0 Å². The van der Waals surface area contributed by atoms with E-state index in [1.54, 1.807) is 6.92 Å². The molecule has 0 saturated carbocycles. The Hall–Kier alpha value is -1.10. The predicted molar refractivity (Wildman–Crippen MR) is 62.6 cm³/mol. The Labute approximate surface area is 102 Å². The van der Waals surface area contributed by atoms with Crippen molar-refractivity contribution in [3.8, 4) is 0 Å². The van der Waals surface area contributed by atoms with Gasteiger partial charge >= 0.3 is 11.9 Å². The number of hydrogen-bond acceptors (Lipinski definition) is 5. The van der Waals surface area contributed by atoms with E-state index in [9.17, 15) is 9.59 Å². The van der Waals surface area contributed by atoms with Crippen LogP contribution in [0.25, 0.3) is 0 Å². The number of ether oxygens (including phenoxy) is 3. The zero-order chi connectivity index (χ0) is 12.9. The molecule has 17 heavy (non-hydrogen) atoms. The van der Waals surface area contributed by atoms with Gasteiger partial charge in [-0.1, -0.05) is 26.2 Å². The molecule has 0 unspecified atom stereocenters. The number of unbranched alkanes of at least 4 members (excludes halogenated alkanes) is 3. The maximum absolute atomic E-state index is 11.1. The van der Waals surface area contributed by atoms with Crippen LogP contribution in [0.1, 0.15) is 39.5 Å². The fourth-order valence-corrected chi connectivity index (χ4v) is 1.18. The molecule has 0 aliphatic rings. The lowest BCUT2D eigenvalue weighted by Gasteiger charge is -2.05. The lowest BCUT2D eigenvalue weighted by atomic mass is 10.2. The highest BCUT2D eigenvalue weighted by molar-refractivity contribution is 5.73. The van der Waals surface area contributed by atoms with Crippen molar-refractivity contribution in [2.24, 2.45) is 0 Å². The summed E-state index contributed by atoms with van der Waals surface area (Å²) in [5.41, 5.74) is 0. The first-order valence-electron chi connectivity index (χ1n) is 6.09. The zero-order valence-electron chi connectivity index (χ0n) is 10.7. The van der Waals surface area contributed by atoms with Crippen molar-refractivity contribution in [2.45, 2.75) is 39.5 Å². The molecule has 0 bridgehead atoms. The van der Waals surface area contributed by atoms with Crippen LogP contribution in [0.3, 0.4) is 0 Å². The molecule has 5 nitrogen and oxygen atoms in total. The number of rotatable bonds is 10. The van der Waals surface area contributed by atoms with Crippen molar-refractivity contribution in [1.29, 1.82) is 0 Å². The zero-order valence-corrected chi connectivity index (χ0v) is 10.7. The van der Waals surface area contributed by atoms with Gasteiger partial charge in [0.2, 0.25) is 0 Å². The highest BCUT2D eigenvalue weighted by atomic mass is 16.6. The molecule has 0 atom stereocenters. The molecular weight excluding hydrogens is 224 g/mol. The van der Waals surface area contributed by atoms with Gasteiger partial charge in [0.25, 0.3) is 0 Å². The molecule has 5 heteroatoms. The second-order valence-electron chi connectivity index (χ2n) is 3.58. The maximum Gasteiger partial charge on any atom is 0.332 e. The molecule has 0 aromatic rings. The van der Waals surface area contributed by atoms with Crippen molar-refractivity contribution in [3.05, 3.63) is 0 Å². The minimum absolute atomic E-state index is 0.202. The van der Waals surface area contributed by atoms with Crippen molar-refractivity contribution < 1.29 is 23.8 Å². The number of carbonyl (C=O) groups is 2. The molecule has 0 aromatic carbocycles. The summed E-state index contributed by atoms with van der Waals surface area (Å²) in [6.07, 6.45) is 4.23. The topological polar surface area (TPSA) is 61.8 Å². The minimum atomic E-state index is -0.469. The van der Waals surface area contributed by atoms with Gasteiger partial charge in [-0.15, -0.1) is 0 Å². The fraction of sp³-hybridized carbons (Fsp3) is 0.833. The van der Waals surface area contributed by atoms with Crippen LogP contribution in [0.4, 0.5) is 0 Å². The minimum Gasteiger partial charge on any atom is -0.464 e. The quantitative estimate of drug-likeness (QED) is 0.433. The third-order valence-corrected chi connectivity index (χ3v) is 2.01. The van der Waals surface area contributed by atoms with E-state index in [1.807, 2.05) is 0 Å². The van der Waals surface area contributed by atoms with Crippen LogP contribution in [-0.2, 0) is 23.8 Å². The average molecular weight is 246 g/mol. The monoisotopic (exact) mass is 246 g/mol. The molecule has 0 fully saturated rings. The summed E-state index contributed by atoms with van der Waals surface area (Å²) in [5, 5.41) is 0. The van der Waals surface area contributed by atoms with Gasteiger partial charge in [0.05, 0.1) is 13.2 Å². The Balaban J connectivity index is 3.31. The molecule has 0 aliphatic carbocycles. The second-order valence-corrected chi connectivity index (χ2v) is 3.58. The van der Waals surface area contributed by atoms with Gasteiger partial charge in [-0.05, 0) is 13.3 Å². The van der Waals surface area contributed by atoms with E-state index in [4.69, 9.17) is 9.47 Å². The van der Waals surface area contributed by atoms with Crippen molar-refractivity contribution >= 4 is 11.9 Å². The third-order valence-electron chi connectivity index (χ3n) is 2.01. The van der Waals surface area contributed by atoms with Crippen LogP contribution in [-0.4, -0.2) is 38.4 Å². The fourth-order valence-electron chi connectivity index (χ4n) is 1.18. The standard InChI is InChI=1S/C12H22O5/c1-3-5-6-7-8-17-12(14)10-15-9-11(13)16-4-2/h3-10H2,1-2H3. The van der Waals surface area contributed by atoms with E-state index < -0.39 is 11.9 Å². The van der Waals surface area contributed by atoms with E-state index in [0.717, 1.165) is 25.7 Å². The first-order valence-corrected chi connectivity index (χ1v) is 6.09. The van der Waals surface area contributed by atoms with Gasteiger partial charge in [0.15, 0.2) is 0 Å². The molecule has 0 aliphatic heterocycles. The lowest BCUT2D eigenvalue weighted by molar-refractivity contribution is -0.155. The summed E-state index contributed by atoms with van der Waals surface area (Å²) >= 11 is 0. The Bertz CT molecular complexity index is 215. The molecule has 0 amide bonds. The van der Waals surface area contributed by atoms with E-state index in [0.29, 0.717) is 13.2 Å². The van der Waals surface area contributed by atoms with Gasteiger partial charge in [-0.3, -0.25) is 0 Å². The Kier molecular flexibility index (Phi) is 10.7. The normalized spacial score (nSPS) is 10.0. The molecule has 0 aromatic heterocycles. The SMILES string of the molecule is CCCCCCOC(=O)COCC(=O)OCC. The lowest BCUT2D eigenvalue weighted by Crippen LogP contribution is -2.18. The number of hydrogen-bond donors (Lipinski definition) is 0. The number of esters is 2. The third kappa shape index (κ3) is 11.2. The van der Waals surface area contributed by atoms with Crippen LogP contribution < -0.4 is 0 Å². The van der Waals surface area contributed by atoms with Crippen LogP contribution >= 0.6 is 0 Å². The van der Waals surface area contributed by atoms with Gasteiger partial charge in [-0.25, -0.2) is 9.59 Å². The number of carbonyl (C=O) groups excluding carboxylic acids is 2. The largest absolute Gasteiger partial charge is 0.464 e. The summed E-state index contributed by atoms with van der Waals surface area (Å²) in [4.78, 5) is 22.0. The molecular formula is C12H22O5. The van der Waals surface area contributed by atoms with Crippen molar-refractivity contribution in [3.63, 3.8) is 0 Å². The van der Waals surface area contributed by atoms with Crippen molar-refractivity contribution in [2.75, 3.05) is 26.4 Å². The first-order chi connectivity index (χ1) is 8.20. The van der Waals surface area contributed by atoms with E-state index in [2.05, 4.69) is 11.7 Å². The Morgan fingerprint density at radius 1 is 0.882 bits per heavy atom. The van der Waals surface area contributed by atoms with Gasteiger partial charge < -0.3 is 14.2 Å². The summed E-state index contributed by atoms with van der Waals surface area (Å²) in [6.45, 7) is 4.15. The van der Waals surface area contributed by atoms with Crippen LogP contribution in [0.15, 0.2) is 0 Å². The Morgan fingerprint density at radius 2 is 1.53 bits per heavy atom. The van der Waals surface area contributed by atoms with Gasteiger partial charge in [-0.2, -0.15) is 0 Å². The summed E-state index contributed by atoms with van der Waals surface area (Å²) in [5.74, 6) is -0.908. The molecule has 0 heterocycles. The molecule has 0 radical (unpaired) electrons. The van der Waals surface area contributed by atoms with Gasteiger partial charge in [0.1, 0.15) is 13.2 Å². The second kappa shape index (κ2) is 11.4. The smallest absolute Gasteiger partial charge is 0.332 e. The Morgan fingerprint density at radius 3 is 2.12 bits per heavy atom. The van der Waals surface area contributed by atoms with E-state index in [1.165, 1.54) is 0 Å². The molecule has 0 N–H and O–H groups in total. The summed E-state index contributed by atoms with van der Waals surface area (Å²) in [6, 6.07) is 0.